The highest BCUT2D eigenvalue weighted by molar-refractivity contribution is 5.31. The minimum Gasteiger partial charge on any atom is -0.367 e. The van der Waals surface area contributed by atoms with Crippen molar-refractivity contribution in [3.05, 3.63) is 107 Å². The highest BCUT2D eigenvalue weighted by Crippen LogP contribution is 2.26. The van der Waals surface area contributed by atoms with E-state index >= 15 is 0 Å². The number of rotatable bonds is 9. The highest BCUT2D eigenvalue weighted by Gasteiger charge is 2.18. The lowest BCUT2D eigenvalue weighted by atomic mass is 9.95. The van der Waals surface area contributed by atoms with E-state index in [1.165, 1.54) is 22.3 Å². The summed E-state index contributed by atoms with van der Waals surface area (Å²) in [6, 6.07) is 29.7. The quantitative estimate of drug-likeness (QED) is 0.485. The van der Waals surface area contributed by atoms with Gasteiger partial charge < -0.3 is 10.1 Å². The molecule has 0 saturated heterocycles. The third-order valence-corrected chi connectivity index (χ3v) is 4.96. The van der Waals surface area contributed by atoms with Gasteiger partial charge in [0.1, 0.15) is 6.10 Å². The molecule has 0 spiro atoms. The van der Waals surface area contributed by atoms with Crippen LogP contribution in [0.2, 0.25) is 0 Å². The van der Waals surface area contributed by atoms with E-state index in [4.69, 9.17) is 4.74 Å². The van der Waals surface area contributed by atoms with E-state index in [-0.39, 0.29) is 11.6 Å². The van der Waals surface area contributed by atoms with Crippen molar-refractivity contribution in [3.63, 3.8) is 0 Å². The van der Waals surface area contributed by atoms with Gasteiger partial charge in [0.25, 0.3) is 0 Å². The SMILES string of the molecule is Cc1ccc(C(OCCNC(C)(C)Cc2ccccc2)c2ccccc2)cc1. The second-order valence-electron chi connectivity index (χ2n) is 8.05. The largest absolute Gasteiger partial charge is 0.367 e. The molecule has 0 amide bonds. The Morgan fingerprint density at radius 2 is 1.36 bits per heavy atom. The highest BCUT2D eigenvalue weighted by atomic mass is 16.5. The molecule has 3 aromatic carbocycles. The normalized spacial score (nSPS) is 12.7. The predicted molar refractivity (Wildman–Crippen MR) is 118 cm³/mol. The molecule has 1 unspecified atom stereocenters. The molecule has 0 aliphatic rings. The first-order valence-corrected chi connectivity index (χ1v) is 10.1. The summed E-state index contributed by atoms with van der Waals surface area (Å²) < 4.78 is 6.34. The van der Waals surface area contributed by atoms with Crippen molar-refractivity contribution in [3.8, 4) is 0 Å². The fraction of sp³-hybridized carbons (Fsp3) is 0.308. The lowest BCUT2D eigenvalue weighted by Gasteiger charge is -2.27. The van der Waals surface area contributed by atoms with Gasteiger partial charge in [0.2, 0.25) is 0 Å². The van der Waals surface area contributed by atoms with Crippen LogP contribution in [0.15, 0.2) is 84.9 Å². The van der Waals surface area contributed by atoms with Crippen molar-refractivity contribution in [1.29, 1.82) is 0 Å². The molecular weight excluding hydrogens is 342 g/mol. The van der Waals surface area contributed by atoms with Crippen molar-refractivity contribution in [2.45, 2.75) is 38.8 Å². The number of benzene rings is 3. The maximum atomic E-state index is 6.34. The Kier molecular flexibility index (Phi) is 7.02. The molecular formula is C26H31NO. The molecule has 0 saturated carbocycles. The van der Waals surface area contributed by atoms with Gasteiger partial charge in [0, 0.05) is 12.1 Å². The van der Waals surface area contributed by atoms with Gasteiger partial charge in [-0.15, -0.1) is 0 Å². The van der Waals surface area contributed by atoms with Crippen LogP contribution in [0.3, 0.4) is 0 Å². The lowest BCUT2D eigenvalue weighted by molar-refractivity contribution is 0.0781. The van der Waals surface area contributed by atoms with Crippen LogP contribution in [0.25, 0.3) is 0 Å². The van der Waals surface area contributed by atoms with Crippen LogP contribution in [-0.2, 0) is 11.2 Å². The molecule has 2 heteroatoms. The first-order chi connectivity index (χ1) is 13.5. The van der Waals surface area contributed by atoms with Crippen LogP contribution in [0.1, 0.15) is 42.2 Å². The third-order valence-electron chi connectivity index (χ3n) is 4.96. The average Bonchev–Trinajstić information content (AvgIpc) is 2.70. The molecule has 0 aliphatic carbocycles. The van der Waals surface area contributed by atoms with Crippen LogP contribution in [0, 0.1) is 6.92 Å². The zero-order valence-electron chi connectivity index (χ0n) is 17.2. The van der Waals surface area contributed by atoms with E-state index < -0.39 is 0 Å². The number of aryl methyl sites for hydroxylation is 1. The van der Waals surface area contributed by atoms with E-state index in [0.29, 0.717) is 6.61 Å². The van der Waals surface area contributed by atoms with Crippen molar-refractivity contribution in [1.82, 2.24) is 5.32 Å². The summed E-state index contributed by atoms with van der Waals surface area (Å²) in [5.41, 5.74) is 5.02. The van der Waals surface area contributed by atoms with Gasteiger partial charge in [-0.1, -0.05) is 90.5 Å². The first-order valence-electron chi connectivity index (χ1n) is 10.1. The smallest absolute Gasteiger partial charge is 0.108 e. The standard InChI is InChI=1S/C26H31NO/c1-21-14-16-24(17-15-21)25(23-12-8-5-9-13-23)28-19-18-27-26(2,3)20-22-10-6-4-7-11-22/h4-17,25,27H,18-20H2,1-3H3. The molecule has 0 fully saturated rings. The van der Waals surface area contributed by atoms with E-state index in [9.17, 15) is 0 Å². The minimum absolute atomic E-state index is 0.0246. The van der Waals surface area contributed by atoms with Crippen molar-refractivity contribution in [2.75, 3.05) is 13.2 Å². The monoisotopic (exact) mass is 373 g/mol. The molecule has 3 rings (SSSR count). The second kappa shape index (κ2) is 9.68. The fourth-order valence-corrected chi connectivity index (χ4v) is 3.49. The van der Waals surface area contributed by atoms with Crippen LogP contribution < -0.4 is 5.32 Å². The van der Waals surface area contributed by atoms with Crippen LogP contribution in [0.5, 0.6) is 0 Å². The van der Waals surface area contributed by atoms with Gasteiger partial charge in [0.05, 0.1) is 6.61 Å². The fourth-order valence-electron chi connectivity index (χ4n) is 3.49. The summed E-state index contributed by atoms with van der Waals surface area (Å²) in [4.78, 5) is 0. The van der Waals surface area contributed by atoms with Crippen molar-refractivity contribution in [2.24, 2.45) is 0 Å². The predicted octanol–water partition coefficient (Wildman–Crippen LogP) is 5.71. The third kappa shape index (κ3) is 6.05. The van der Waals surface area contributed by atoms with Crippen LogP contribution in [0.4, 0.5) is 0 Å². The van der Waals surface area contributed by atoms with Gasteiger partial charge in [0.15, 0.2) is 0 Å². The van der Waals surface area contributed by atoms with Crippen molar-refractivity contribution < 1.29 is 4.74 Å². The molecule has 3 aromatic rings. The Morgan fingerprint density at radius 3 is 2.00 bits per heavy atom. The summed E-state index contributed by atoms with van der Waals surface area (Å²) in [5, 5.41) is 3.65. The molecule has 28 heavy (non-hydrogen) atoms. The molecule has 1 N–H and O–H groups in total. The average molecular weight is 374 g/mol. The summed E-state index contributed by atoms with van der Waals surface area (Å²) in [7, 11) is 0. The topological polar surface area (TPSA) is 21.3 Å². The molecule has 1 atom stereocenters. The Morgan fingerprint density at radius 1 is 0.786 bits per heavy atom. The van der Waals surface area contributed by atoms with Gasteiger partial charge in [-0.2, -0.15) is 0 Å². The molecule has 0 aromatic heterocycles. The van der Waals surface area contributed by atoms with Crippen LogP contribution >= 0.6 is 0 Å². The summed E-state index contributed by atoms with van der Waals surface area (Å²) in [6.07, 6.45) is 0.953. The van der Waals surface area contributed by atoms with Crippen molar-refractivity contribution >= 4 is 0 Å². The molecule has 0 aliphatic heterocycles. The van der Waals surface area contributed by atoms with Gasteiger partial charge >= 0.3 is 0 Å². The Labute approximate surface area is 169 Å². The first kappa shape index (κ1) is 20.3. The van der Waals surface area contributed by atoms with Gasteiger partial charge in [-0.25, -0.2) is 0 Å². The number of hydrogen-bond donors (Lipinski definition) is 1. The molecule has 146 valence electrons. The van der Waals surface area contributed by atoms with Gasteiger partial charge in [-0.3, -0.25) is 0 Å². The molecule has 0 bridgehead atoms. The molecule has 2 nitrogen and oxygen atoms in total. The Hall–Kier alpha value is -2.42. The van der Waals surface area contributed by atoms with E-state index in [1.807, 2.05) is 6.07 Å². The molecule has 0 heterocycles. The number of ether oxygens (including phenoxy) is 1. The lowest BCUT2D eigenvalue weighted by Crippen LogP contribution is -2.43. The maximum Gasteiger partial charge on any atom is 0.108 e. The Bertz CT molecular complexity index is 825. The maximum absolute atomic E-state index is 6.34. The van der Waals surface area contributed by atoms with E-state index in [0.717, 1.165) is 13.0 Å². The number of hydrogen-bond acceptors (Lipinski definition) is 2. The van der Waals surface area contributed by atoms with Crippen LogP contribution in [-0.4, -0.2) is 18.7 Å². The summed E-state index contributed by atoms with van der Waals surface area (Å²) in [6.45, 7) is 8.07. The minimum atomic E-state index is -0.0409. The zero-order chi connectivity index (χ0) is 19.8. The van der Waals surface area contributed by atoms with E-state index in [1.54, 1.807) is 0 Å². The Balaban J connectivity index is 1.59. The summed E-state index contributed by atoms with van der Waals surface area (Å²) in [5.74, 6) is 0. The van der Waals surface area contributed by atoms with E-state index in [2.05, 4.69) is 105 Å². The molecule has 0 radical (unpaired) electrons. The summed E-state index contributed by atoms with van der Waals surface area (Å²) >= 11 is 0. The zero-order valence-corrected chi connectivity index (χ0v) is 17.2. The number of nitrogens with one attached hydrogen (secondary N) is 1. The van der Waals surface area contributed by atoms with Gasteiger partial charge in [-0.05, 0) is 43.9 Å². The second-order valence-corrected chi connectivity index (χ2v) is 8.05.